The maximum atomic E-state index is 13.2. The molecule has 0 saturated heterocycles. The van der Waals surface area contributed by atoms with Gasteiger partial charge in [0, 0.05) is 36.5 Å². The predicted molar refractivity (Wildman–Crippen MR) is 144 cm³/mol. The van der Waals surface area contributed by atoms with Crippen LogP contribution in [0.2, 0.25) is 0 Å². The van der Waals surface area contributed by atoms with E-state index in [1.807, 2.05) is 70.1 Å². The Morgan fingerprint density at radius 2 is 0.900 bits per heavy atom. The van der Waals surface area contributed by atoms with Crippen molar-refractivity contribution in [2.24, 2.45) is 0 Å². The summed E-state index contributed by atoms with van der Waals surface area (Å²) in [7, 11) is 0. The predicted octanol–water partition coefficient (Wildman–Crippen LogP) is 9.40. The van der Waals surface area contributed by atoms with Crippen LogP contribution in [0.5, 0.6) is 0 Å². The Balaban J connectivity index is 1.32. The van der Waals surface area contributed by atoms with Gasteiger partial charge in [-0.15, -0.1) is 0 Å². The van der Waals surface area contributed by atoms with E-state index in [-0.39, 0.29) is 13.1 Å². The summed E-state index contributed by atoms with van der Waals surface area (Å²) in [5.41, 5.74) is 3.35. The second-order valence-electron chi connectivity index (χ2n) is 9.83. The number of rotatable bonds is 5. The van der Waals surface area contributed by atoms with Gasteiger partial charge in [0.25, 0.3) is 0 Å². The van der Waals surface area contributed by atoms with Crippen molar-refractivity contribution < 1.29 is 26.3 Å². The van der Waals surface area contributed by atoms with Crippen molar-refractivity contribution in [2.45, 2.75) is 25.4 Å². The van der Waals surface area contributed by atoms with Gasteiger partial charge >= 0.3 is 12.4 Å². The van der Waals surface area contributed by atoms with E-state index in [4.69, 9.17) is 0 Å². The third-order valence-corrected chi connectivity index (χ3v) is 7.10. The topological polar surface area (TPSA) is 9.86 Å². The van der Waals surface area contributed by atoms with Crippen LogP contribution < -0.4 is 0 Å². The minimum Gasteiger partial charge on any atom is -0.343 e. The van der Waals surface area contributed by atoms with Gasteiger partial charge in [-0.2, -0.15) is 26.3 Å². The number of fused-ring (bicyclic) bond motifs is 2. The molecule has 8 heteroatoms. The lowest BCUT2D eigenvalue weighted by atomic mass is 10.0. The maximum Gasteiger partial charge on any atom is 0.416 e. The molecule has 0 radical (unpaired) electrons. The van der Waals surface area contributed by atoms with Crippen LogP contribution in [-0.4, -0.2) is 9.13 Å². The minimum absolute atomic E-state index is 0.287. The second-order valence-corrected chi connectivity index (χ2v) is 9.83. The molecular weight excluding hydrogens is 526 g/mol. The van der Waals surface area contributed by atoms with Crippen LogP contribution in [-0.2, 0) is 25.4 Å². The number of hydrogen-bond acceptors (Lipinski definition) is 0. The molecule has 0 N–H and O–H groups in total. The lowest BCUT2D eigenvalue weighted by molar-refractivity contribution is -0.138. The molecule has 0 fully saturated rings. The normalized spacial score (nSPS) is 12.4. The van der Waals surface area contributed by atoms with Crippen molar-refractivity contribution in [1.29, 1.82) is 0 Å². The average molecular weight is 549 g/mol. The van der Waals surface area contributed by atoms with Crippen LogP contribution >= 0.6 is 0 Å². The molecule has 2 nitrogen and oxygen atoms in total. The maximum absolute atomic E-state index is 13.2. The highest BCUT2D eigenvalue weighted by atomic mass is 19.4. The quantitative estimate of drug-likeness (QED) is 0.190. The van der Waals surface area contributed by atoms with Crippen LogP contribution in [0.1, 0.15) is 22.3 Å². The van der Waals surface area contributed by atoms with E-state index in [9.17, 15) is 26.3 Å². The van der Waals surface area contributed by atoms with Crippen molar-refractivity contribution in [1.82, 2.24) is 9.13 Å². The average Bonchev–Trinajstić information content (AvgIpc) is 3.51. The number of nitrogens with zero attached hydrogens (tertiary/aromatic N) is 2. The van der Waals surface area contributed by atoms with Gasteiger partial charge in [-0.25, -0.2) is 0 Å². The molecule has 0 amide bonds. The second kappa shape index (κ2) is 9.62. The summed E-state index contributed by atoms with van der Waals surface area (Å²) in [4.78, 5) is 0. The Morgan fingerprint density at radius 1 is 0.475 bits per heavy atom. The molecule has 4 aromatic carbocycles. The molecule has 6 rings (SSSR count). The first-order valence-corrected chi connectivity index (χ1v) is 12.5. The first-order valence-electron chi connectivity index (χ1n) is 12.5. The van der Waals surface area contributed by atoms with E-state index in [1.54, 1.807) is 12.1 Å². The highest BCUT2D eigenvalue weighted by Crippen LogP contribution is 2.33. The fourth-order valence-electron chi connectivity index (χ4n) is 5.09. The number of halogens is 6. The van der Waals surface area contributed by atoms with E-state index in [0.717, 1.165) is 45.1 Å². The molecule has 0 unspecified atom stereocenters. The standard InChI is InChI=1S/C32H22F6N2/c33-31(34,35)27-5-1-3-21(15-27)19-39-13-11-23-7-9-25(17-29(23)39)26-10-8-24-12-14-40(30(24)18-26)20-22-4-2-6-28(16-22)32(36,37)38/h1-18H,19-20H2. The smallest absolute Gasteiger partial charge is 0.343 e. The summed E-state index contributed by atoms with van der Waals surface area (Å²) in [5.74, 6) is 0. The summed E-state index contributed by atoms with van der Waals surface area (Å²) >= 11 is 0. The number of benzene rings is 4. The van der Waals surface area contributed by atoms with Gasteiger partial charge in [0.15, 0.2) is 0 Å². The van der Waals surface area contributed by atoms with Gasteiger partial charge in [0.05, 0.1) is 11.1 Å². The zero-order chi connectivity index (χ0) is 28.1. The number of alkyl halides is 6. The Bertz CT molecular complexity index is 1700. The fraction of sp³-hybridized carbons (Fsp3) is 0.125. The van der Waals surface area contributed by atoms with Crippen LogP contribution in [0.25, 0.3) is 32.9 Å². The SMILES string of the molecule is FC(F)(F)c1cccc(Cn2ccc3ccc(-c4ccc5ccn(Cc6cccc(C(F)(F)F)c6)c5c4)cc32)c1. The first kappa shape index (κ1) is 25.8. The fourth-order valence-corrected chi connectivity index (χ4v) is 5.09. The summed E-state index contributed by atoms with van der Waals surface area (Å²) < 4.78 is 83.0. The third kappa shape index (κ3) is 5.09. The summed E-state index contributed by atoms with van der Waals surface area (Å²) in [6, 6.07) is 26.4. The molecule has 0 aliphatic carbocycles. The monoisotopic (exact) mass is 548 g/mol. The molecule has 0 spiro atoms. The molecule has 0 aliphatic heterocycles. The Kier molecular flexibility index (Phi) is 6.21. The van der Waals surface area contributed by atoms with Crippen LogP contribution in [0.4, 0.5) is 26.3 Å². The molecule has 40 heavy (non-hydrogen) atoms. The van der Waals surface area contributed by atoms with E-state index in [1.165, 1.54) is 24.3 Å². The lowest BCUT2D eigenvalue weighted by Crippen LogP contribution is -2.06. The van der Waals surface area contributed by atoms with Gasteiger partial charge in [0.1, 0.15) is 0 Å². The van der Waals surface area contributed by atoms with E-state index in [0.29, 0.717) is 11.1 Å². The molecule has 0 aliphatic rings. The van der Waals surface area contributed by atoms with Crippen molar-refractivity contribution in [2.75, 3.05) is 0 Å². The zero-order valence-electron chi connectivity index (χ0n) is 21.0. The number of hydrogen-bond donors (Lipinski definition) is 0. The highest BCUT2D eigenvalue weighted by molar-refractivity contribution is 5.89. The van der Waals surface area contributed by atoms with E-state index >= 15 is 0 Å². The van der Waals surface area contributed by atoms with Crippen LogP contribution in [0, 0.1) is 0 Å². The van der Waals surface area contributed by atoms with Crippen LogP contribution in [0.3, 0.4) is 0 Å². The van der Waals surface area contributed by atoms with Gasteiger partial charge in [-0.3, -0.25) is 0 Å². The van der Waals surface area contributed by atoms with E-state index < -0.39 is 23.5 Å². The molecular formula is C32H22F6N2. The summed E-state index contributed by atoms with van der Waals surface area (Å²) in [6.07, 6.45) is -5.09. The van der Waals surface area contributed by atoms with Crippen LogP contribution in [0.15, 0.2) is 109 Å². The minimum atomic E-state index is -4.40. The Morgan fingerprint density at radius 3 is 1.30 bits per heavy atom. The molecule has 0 bridgehead atoms. The third-order valence-electron chi connectivity index (χ3n) is 7.10. The van der Waals surface area contributed by atoms with Crippen molar-refractivity contribution >= 4 is 21.8 Å². The number of aromatic nitrogens is 2. The van der Waals surface area contributed by atoms with Gasteiger partial charge < -0.3 is 9.13 Å². The molecule has 2 heterocycles. The van der Waals surface area contributed by atoms with Gasteiger partial charge in [0.2, 0.25) is 0 Å². The van der Waals surface area contributed by atoms with Gasteiger partial charge in [-0.05, 0) is 81.6 Å². The Hall–Kier alpha value is -4.46. The van der Waals surface area contributed by atoms with Crippen molar-refractivity contribution in [3.63, 3.8) is 0 Å². The molecule has 202 valence electrons. The van der Waals surface area contributed by atoms with Crippen molar-refractivity contribution in [3.05, 3.63) is 132 Å². The van der Waals surface area contributed by atoms with Crippen molar-refractivity contribution in [3.8, 4) is 11.1 Å². The molecule has 0 atom stereocenters. The largest absolute Gasteiger partial charge is 0.416 e. The Labute approximate surface area is 225 Å². The zero-order valence-corrected chi connectivity index (χ0v) is 21.0. The first-order chi connectivity index (χ1) is 19.0. The van der Waals surface area contributed by atoms with E-state index in [2.05, 4.69) is 0 Å². The molecule has 0 saturated carbocycles. The molecule has 2 aromatic heterocycles. The summed E-state index contributed by atoms with van der Waals surface area (Å²) in [6.45, 7) is 0.575. The van der Waals surface area contributed by atoms with Gasteiger partial charge in [-0.1, -0.05) is 48.5 Å². The molecule has 6 aromatic rings. The highest BCUT2D eigenvalue weighted by Gasteiger charge is 2.31. The lowest BCUT2D eigenvalue weighted by Gasteiger charge is -2.12. The summed E-state index contributed by atoms with van der Waals surface area (Å²) in [5, 5.41) is 1.93.